The number of hydrogen-bond acceptors (Lipinski definition) is 6. The van der Waals surface area contributed by atoms with Crippen LogP contribution < -0.4 is 15.0 Å². The molecule has 8 heteroatoms. The van der Waals surface area contributed by atoms with Crippen LogP contribution in [0, 0.1) is 0 Å². The average molecular weight is 425 g/mol. The van der Waals surface area contributed by atoms with E-state index in [1.54, 1.807) is 42.5 Å². The van der Waals surface area contributed by atoms with E-state index in [-0.39, 0.29) is 6.04 Å². The highest BCUT2D eigenvalue weighted by atomic mass is 16.6. The third kappa shape index (κ3) is 5.33. The lowest BCUT2D eigenvalue weighted by Gasteiger charge is -2.25. The van der Waals surface area contributed by atoms with E-state index >= 15 is 0 Å². The van der Waals surface area contributed by atoms with Crippen molar-refractivity contribution < 1.29 is 19.1 Å². The monoisotopic (exact) mass is 424 g/mol. The average Bonchev–Trinajstić information content (AvgIpc) is 3.05. The van der Waals surface area contributed by atoms with Gasteiger partial charge in [-0.05, 0) is 65.0 Å². The maximum Gasteiger partial charge on any atom is 0.421 e. The molecule has 0 aliphatic rings. The molecule has 0 fully saturated rings. The molecule has 0 aliphatic carbocycles. The first-order valence-corrected chi connectivity index (χ1v) is 10.1. The number of para-hydroxylation sites is 1. The molecular formula is C23H28N4O4. The Morgan fingerprint density at radius 2 is 1.77 bits per heavy atom. The summed E-state index contributed by atoms with van der Waals surface area (Å²) in [4.78, 5) is 31.7. The number of rotatable bonds is 4. The van der Waals surface area contributed by atoms with Crippen LogP contribution in [0.25, 0.3) is 11.0 Å². The predicted molar refractivity (Wildman–Crippen MR) is 121 cm³/mol. The van der Waals surface area contributed by atoms with Gasteiger partial charge in [-0.2, -0.15) is 0 Å². The SMILES string of the molecule is CC(C)N(C)c1nc2cc(NC(=O)Oc3ccccc3)ccc2n1C(=O)OC(C)(C)C. The molecule has 3 rings (SSSR count). The van der Waals surface area contributed by atoms with Gasteiger partial charge in [0.2, 0.25) is 5.95 Å². The van der Waals surface area contributed by atoms with Crippen LogP contribution in [-0.2, 0) is 4.74 Å². The summed E-state index contributed by atoms with van der Waals surface area (Å²) in [5, 5.41) is 2.69. The van der Waals surface area contributed by atoms with E-state index in [2.05, 4.69) is 10.3 Å². The molecule has 0 spiro atoms. The molecule has 31 heavy (non-hydrogen) atoms. The molecule has 0 aliphatic heterocycles. The number of nitrogens with one attached hydrogen (secondary N) is 1. The quantitative estimate of drug-likeness (QED) is 0.614. The predicted octanol–water partition coefficient (Wildman–Crippen LogP) is 5.28. The van der Waals surface area contributed by atoms with Crippen LogP contribution >= 0.6 is 0 Å². The van der Waals surface area contributed by atoms with Crippen LogP contribution in [0.15, 0.2) is 48.5 Å². The van der Waals surface area contributed by atoms with E-state index in [4.69, 9.17) is 9.47 Å². The third-order valence-corrected chi connectivity index (χ3v) is 4.50. The van der Waals surface area contributed by atoms with Gasteiger partial charge in [0.1, 0.15) is 11.4 Å². The second-order valence-electron chi connectivity index (χ2n) is 8.46. The van der Waals surface area contributed by atoms with Gasteiger partial charge in [0.15, 0.2) is 0 Å². The summed E-state index contributed by atoms with van der Waals surface area (Å²) >= 11 is 0. The number of hydrogen-bond donors (Lipinski definition) is 1. The van der Waals surface area contributed by atoms with Crippen molar-refractivity contribution in [2.24, 2.45) is 0 Å². The molecule has 0 unspecified atom stereocenters. The highest BCUT2D eigenvalue weighted by Crippen LogP contribution is 2.27. The minimum atomic E-state index is -0.649. The zero-order valence-corrected chi connectivity index (χ0v) is 18.7. The minimum absolute atomic E-state index is 0.108. The van der Waals surface area contributed by atoms with E-state index in [1.165, 1.54) is 4.57 Å². The number of imidazole rings is 1. The normalized spacial score (nSPS) is 11.5. The van der Waals surface area contributed by atoms with Crippen LogP contribution in [0.5, 0.6) is 5.75 Å². The number of aromatic nitrogens is 2. The molecule has 3 aromatic rings. The number of carbonyl (C=O) groups excluding carboxylic acids is 2. The fraction of sp³-hybridized carbons (Fsp3) is 0.348. The van der Waals surface area contributed by atoms with Crippen molar-refractivity contribution in [1.29, 1.82) is 0 Å². The summed E-state index contributed by atoms with van der Waals surface area (Å²) in [6.07, 6.45) is -1.13. The summed E-state index contributed by atoms with van der Waals surface area (Å²) in [5.74, 6) is 0.902. The maximum absolute atomic E-state index is 12.9. The van der Waals surface area contributed by atoms with E-state index in [1.807, 2.05) is 52.6 Å². The van der Waals surface area contributed by atoms with Gasteiger partial charge in [0.05, 0.1) is 11.0 Å². The Morgan fingerprint density at radius 1 is 1.10 bits per heavy atom. The largest absolute Gasteiger partial charge is 0.443 e. The van der Waals surface area contributed by atoms with Gasteiger partial charge in [0, 0.05) is 18.8 Å². The first-order chi connectivity index (χ1) is 14.5. The molecule has 1 aromatic heterocycles. The lowest BCUT2D eigenvalue weighted by Crippen LogP contribution is -2.33. The van der Waals surface area contributed by atoms with Gasteiger partial charge in [-0.1, -0.05) is 18.2 Å². The van der Waals surface area contributed by atoms with Gasteiger partial charge < -0.3 is 14.4 Å². The van der Waals surface area contributed by atoms with Crippen molar-refractivity contribution in [3.05, 3.63) is 48.5 Å². The molecular weight excluding hydrogens is 396 g/mol. The highest BCUT2D eigenvalue weighted by Gasteiger charge is 2.26. The van der Waals surface area contributed by atoms with E-state index in [0.717, 1.165) is 0 Å². The standard InChI is InChI=1S/C23H28N4O4/c1-15(2)26(6)20-25-18-14-16(24-21(28)30-17-10-8-7-9-11-17)12-13-19(18)27(20)22(29)31-23(3,4)5/h7-15H,1-6H3,(H,24,28). The molecule has 0 saturated heterocycles. The van der Waals surface area contributed by atoms with E-state index in [9.17, 15) is 9.59 Å². The number of fused-ring (bicyclic) bond motifs is 1. The Balaban J connectivity index is 1.93. The summed E-state index contributed by atoms with van der Waals surface area (Å²) in [6, 6.07) is 14.0. The molecule has 8 nitrogen and oxygen atoms in total. The van der Waals surface area contributed by atoms with Gasteiger partial charge in [0.25, 0.3) is 0 Å². The summed E-state index contributed by atoms with van der Waals surface area (Å²) in [7, 11) is 1.86. The Morgan fingerprint density at radius 3 is 2.39 bits per heavy atom. The van der Waals surface area contributed by atoms with Crippen molar-refractivity contribution in [1.82, 2.24) is 9.55 Å². The Kier molecular flexibility index (Phi) is 6.19. The van der Waals surface area contributed by atoms with Crippen LogP contribution in [0.3, 0.4) is 0 Å². The van der Waals surface area contributed by atoms with Crippen molar-refractivity contribution in [2.45, 2.75) is 46.3 Å². The van der Waals surface area contributed by atoms with E-state index < -0.39 is 17.8 Å². The number of amides is 1. The second-order valence-corrected chi connectivity index (χ2v) is 8.46. The van der Waals surface area contributed by atoms with Crippen molar-refractivity contribution in [3.63, 3.8) is 0 Å². The topological polar surface area (TPSA) is 85.7 Å². The van der Waals surface area contributed by atoms with Crippen LogP contribution in [0.4, 0.5) is 21.2 Å². The third-order valence-electron chi connectivity index (χ3n) is 4.50. The van der Waals surface area contributed by atoms with Crippen LogP contribution in [0.2, 0.25) is 0 Å². The molecule has 164 valence electrons. The minimum Gasteiger partial charge on any atom is -0.443 e. The van der Waals surface area contributed by atoms with E-state index in [0.29, 0.717) is 28.4 Å². The number of benzene rings is 2. The van der Waals surface area contributed by atoms with Gasteiger partial charge in [-0.15, -0.1) is 0 Å². The highest BCUT2D eigenvalue weighted by molar-refractivity contribution is 5.95. The number of ether oxygens (including phenoxy) is 2. The molecule has 2 aromatic carbocycles. The van der Waals surface area contributed by atoms with Gasteiger partial charge >= 0.3 is 12.2 Å². The molecule has 1 N–H and O–H groups in total. The Hall–Kier alpha value is -3.55. The Labute approximate surface area is 181 Å². The van der Waals surface area contributed by atoms with Gasteiger partial charge in [-0.3, -0.25) is 5.32 Å². The fourth-order valence-corrected chi connectivity index (χ4v) is 2.84. The van der Waals surface area contributed by atoms with Crippen LogP contribution in [0.1, 0.15) is 34.6 Å². The lowest BCUT2D eigenvalue weighted by atomic mass is 10.2. The Bertz CT molecular complexity index is 1080. The fourth-order valence-electron chi connectivity index (χ4n) is 2.84. The number of carbonyl (C=O) groups is 2. The summed E-state index contributed by atoms with van der Waals surface area (Å²) in [5.41, 5.74) is 0.981. The molecule has 0 saturated carbocycles. The zero-order valence-electron chi connectivity index (χ0n) is 18.7. The summed E-state index contributed by atoms with van der Waals surface area (Å²) in [6.45, 7) is 9.46. The second kappa shape index (κ2) is 8.67. The van der Waals surface area contributed by atoms with Crippen LogP contribution in [-0.4, -0.2) is 40.4 Å². The summed E-state index contributed by atoms with van der Waals surface area (Å²) < 4.78 is 12.3. The van der Waals surface area contributed by atoms with Crippen molar-refractivity contribution >= 4 is 34.9 Å². The molecule has 0 bridgehead atoms. The first-order valence-electron chi connectivity index (χ1n) is 10.1. The zero-order chi connectivity index (χ0) is 22.8. The molecule has 1 amide bonds. The van der Waals surface area contributed by atoms with Crippen molar-refractivity contribution in [3.8, 4) is 5.75 Å². The lowest BCUT2D eigenvalue weighted by molar-refractivity contribution is 0.0545. The molecule has 1 heterocycles. The molecule has 0 radical (unpaired) electrons. The van der Waals surface area contributed by atoms with Crippen molar-refractivity contribution in [2.75, 3.05) is 17.3 Å². The smallest absolute Gasteiger partial charge is 0.421 e. The maximum atomic E-state index is 12.9. The number of nitrogens with zero attached hydrogens (tertiary/aromatic N) is 3. The molecule has 0 atom stereocenters. The first kappa shape index (κ1) is 22.1. The van der Waals surface area contributed by atoms with Gasteiger partial charge in [-0.25, -0.2) is 19.1 Å². The number of anilines is 2.